The maximum absolute atomic E-state index is 10.8. The number of benzene rings is 1. The van der Waals surface area contributed by atoms with Gasteiger partial charge in [0.05, 0.1) is 0 Å². The standard InChI is InChI=1S/C16H19NO/c1-11-5-6-12(2)15(9-11)16(4,18)14-8-7-13(3)17-10-14/h5-10,18H,1-4H3. The lowest BCUT2D eigenvalue weighted by atomic mass is 9.85. The molecule has 1 heterocycles. The summed E-state index contributed by atoms with van der Waals surface area (Å²) in [5.74, 6) is 0. The highest BCUT2D eigenvalue weighted by atomic mass is 16.3. The molecule has 2 aromatic rings. The van der Waals surface area contributed by atoms with Gasteiger partial charge in [-0.25, -0.2) is 0 Å². The van der Waals surface area contributed by atoms with Crippen LogP contribution in [-0.2, 0) is 5.60 Å². The van der Waals surface area contributed by atoms with Crippen LogP contribution >= 0.6 is 0 Å². The van der Waals surface area contributed by atoms with Gasteiger partial charge in [-0.3, -0.25) is 4.98 Å². The van der Waals surface area contributed by atoms with E-state index < -0.39 is 5.60 Å². The molecule has 18 heavy (non-hydrogen) atoms. The average Bonchev–Trinajstić information content (AvgIpc) is 2.32. The first-order valence-corrected chi connectivity index (χ1v) is 6.14. The van der Waals surface area contributed by atoms with Crippen molar-refractivity contribution < 1.29 is 5.11 Å². The molecule has 1 aromatic carbocycles. The van der Waals surface area contributed by atoms with Crippen molar-refractivity contribution in [2.24, 2.45) is 0 Å². The van der Waals surface area contributed by atoms with Gasteiger partial charge in [0.25, 0.3) is 0 Å². The van der Waals surface area contributed by atoms with Crippen molar-refractivity contribution in [2.45, 2.75) is 33.3 Å². The normalized spacial score (nSPS) is 14.3. The maximum Gasteiger partial charge on any atom is 0.114 e. The fraction of sp³-hybridized carbons (Fsp3) is 0.312. The van der Waals surface area contributed by atoms with Crippen LogP contribution in [0.2, 0.25) is 0 Å². The van der Waals surface area contributed by atoms with E-state index in [1.165, 1.54) is 0 Å². The summed E-state index contributed by atoms with van der Waals surface area (Å²) >= 11 is 0. The zero-order valence-electron chi connectivity index (χ0n) is 11.4. The predicted molar refractivity (Wildman–Crippen MR) is 73.6 cm³/mol. The van der Waals surface area contributed by atoms with E-state index in [0.717, 1.165) is 27.9 Å². The molecule has 0 fully saturated rings. The minimum Gasteiger partial charge on any atom is -0.381 e. The van der Waals surface area contributed by atoms with Gasteiger partial charge < -0.3 is 5.11 Å². The molecule has 2 rings (SSSR count). The number of aliphatic hydroxyl groups is 1. The highest BCUT2D eigenvalue weighted by molar-refractivity contribution is 5.41. The number of rotatable bonds is 2. The van der Waals surface area contributed by atoms with E-state index in [-0.39, 0.29) is 0 Å². The van der Waals surface area contributed by atoms with E-state index in [1.807, 2.05) is 52.0 Å². The topological polar surface area (TPSA) is 33.1 Å². The van der Waals surface area contributed by atoms with Crippen LogP contribution in [0.1, 0.15) is 34.9 Å². The van der Waals surface area contributed by atoms with Crippen molar-refractivity contribution in [2.75, 3.05) is 0 Å². The van der Waals surface area contributed by atoms with E-state index in [2.05, 4.69) is 11.1 Å². The van der Waals surface area contributed by atoms with E-state index >= 15 is 0 Å². The molecule has 0 amide bonds. The van der Waals surface area contributed by atoms with Gasteiger partial charge >= 0.3 is 0 Å². The molecule has 0 bridgehead atoms. The van der Waals surface area contributed by atoms with Crippen LogP contribution in [0.15, 0.2) is 36.5 Å². The summed E-state index contributed by atoms with van der Waals surface area (Å²) in [6, 6.07) is 10.00. The molecule has 0 aliphatic carbocycles. The van der Waals surface area contributed by atoms with Crippen molar-refractivity contribution in [3.8, 4) is 0 Å². The van der Waals surface area contributed by atoms with Crippen molar-refractivity contribution in [3.63, 3.8) is 0 Å². The number of aromatic nitrogens is 1. The molecule has 1 unspecified atom stereocenters. The molecule has 0 radical (unpaired) electrons. The first kappa shape index (κ1) is 12.8. The van der Waals surface area contributed by atoms with E-state index in [1.54, 1.807) is 6.20 Å². The van der Waals surface area contributed by atoms with E-state index in [9.17, 15) is 5.11 Å². The third-order valence-corrected chi connectivity index (χ3v) is 3.39. The Morgan fingerprint density at radius 3 is 2.39 bits per heavy atom. The summed E-state index contributed by atoms with van der Waals surface area (Å²) in [6.45, 7) is 7.81. The molecular formula is C16H19NO. The van der Waals surface area contributed by atoms with Crippen LogP contribution in [-0.4, -0.2) is 10.1 Å². The van der Waals surface area contributed by atoms with Crippen molar-refractivity contribution in [1.82, 2.24) is 4.98 Å². The Bertz CT molecular complexity index is 556. The quantitative estimate of drug-likeness (QED) is 0.875. The Labute approximate surface area is 108 Å². The van der Waals surface area contributed by atoms with Crippen LogP contribution in [0.4, 0.5) is 0 Å². The lowest BCUT2D eigenvalue weighted by Crippen LogP contribution is -2.24. The van der Waals surface area contributed by atoms with Crippen LogP contribution in [0.5, 0.6) is 0 Å². The summed E-state index contributed by atoms with van der Waals surface area (Å²) in [6.07, 6.45) is 1.75. The Balaban J connectivity index is 2.53. The molecule has 1 atom stereocenters. The molecule has 1 N–H and O–H groups in total. The van der Waals surface area contributed by atoms with Gasteiger partial charge in [-0.2, -0.15) is 0 Å². The number of aryl methyl sites for hydroxylation is 3. The second kappa shape index (κ2) is 4.54. The van der Waals surface area contributed by atoms with Gasteiger partial charge in [0.1, 0.15) is 5.60 Å². The number of pyridine rings is 1. The van der Waals surface area contributed by atoms with Gasteiger partial charge in [0, 0.05) is 17.5 Å². The number of hydrogen-bond donors (Lipinski definition) is 1. The van der Waals surface area contributed by atoms with Crippen molar-refractivity contribution in [3.05, 3.63) is 64.5 Å². The number of hydrogen-bond acceptors (Lipinski definition) is 2. The SMILES string of the molecule is Cc1ccc(C)c(C(C)(O)c2ccc(C)nc2)c1. The summed E-state index contributed by atoms with van der Waals surface area (Å²) < 4.78 is 0. The second-order valence-electron chi connectivity index (χ2n) is 5.08. The first-order valence-electron chi connectivity index (χ1n) is 6.14. The molecule has 2 heteroatoms. The Morgan fingerprint density at radius 2 is 1.78 bits per heavy atom. The maximum atomic E-state index is 10.8. The van der Waals surface area contributed by atoms with E-state index in [0.29, 0.717) is 0 Å². The first-order chi connectivity index (χ1) is 8.41. The lowest BCUT2D eigenvalue weighted by Gasteiger charge is -2.26. The zero-order chi connectivity index (χ0) is 13.3. The third-order valence-electron chi connectivity index (χ3n) is 3.39. The van der Waals surface area contributed by atoms with Crippen LogP contribution in [0, 0.1) is 20.8 Å². The minimum atomic E-state index is -1.00. The Kier molecular flexibility index (Phi) is 3.22. The molecule has 94 valence electrons. The Hall–Kier alpha value is -1.67. The molecule has 0 saturated carbocycles. The fourth-order valence-electron chi connectivity index (χ4n) is 2.17. The van der Waals surface area contributed by atoms with Gasteiger partial charge in [-0.05, 0) is 44.9 Å². The summed E-state index contributed by atoms with van der Waals surface area (Å²) in [7, 11) is 0. The smallest absolute Gasteiger partial charge is 0.114 e. The molecule has 0 aliphatic heterocycles. The molecule has 2 nitrogen and oxygen atoms in total. The second-order valence-corrected chi connectivity index (χ2v) is 5.08. The lowest BCUT2D eigenvalue weighted by molar-refractivity contribution is 0.101. The van der Waals surface area contributed by atoms with Gasteiger partial charge in [-0.15, -0.1) is 0 Å². The molecule has 0 aliphatic rings. The minimum absolute atomic E-state index is 0.821. The monoisotopic (exact) mass is 241 g/mol. The summed E-state index contributed by atoms with van der Waals surface area (Å²) in [5, 5.41) is 10.8. The van der Waals surface area contributed by atoms with Gasteiger partial charge in [0.15, 0.2) is 0 Å². The average molecular weight is 241 g/mol. The van der Waals surface area contributed by atoms with Gasteiger partial charge in [-0.1, -0.05) is 29.8 Å². The van der Waals surface area contributed by atoms with Gasteiger partial charge in [0.2, 0.25) is 0 Å². The third kappa shape index (κ3) is 2.29. The fourth-order valence-corrected chi connectivity index (χ4v) is 2.17. The highest BCUT2D eigenvalue weighted by Crippen LogP contribution is 2.31. The Morgan fingerprint density at radius 1 is 1.06 bits per heavy atom. The zero-order valence-corrected chi connectivity index (χ0v) is 11.4. The number of nitrogens with zero attached hydrogens (tertiary/aromatic N) is 1. The molecule has 0 spiro atoms. The molecule has 0 saturated heterocycles. The van der Waals surface area contributed by atoms with Crippen LogP contribution < -0.4 is 0 Å². The van der Waals surface area contributed by atoms with E-state index in [4.69, 9.17) is 0 Å². The summed E-state index contributed by atoms with van der Waals surface area (Å²) in [4.78, 5) is 4.26. The van der Waals surface area contributed by atoms with Crippen molar-refractivity contribution in [1.29, 1.82) is 0 Å². The van der Waals surface area contributed by atoms with Crippen LogP contribution in [0.25, 0.3) is 0 Å². The molecular weight excluding hydrogens is 222 g/mol. The molecule has 1 aromatic heterocycles. The summed E-state index contributed by atoms with van der Waals surface area (Å²) in [5.41, 5.74) is 3.95. The van der Waals surface area contributed by atoms with Crippen LogP contribution in [0.3, 0.4) is 0 Å². The largest absolute Gasteiger partial charge is 0.381 e. The predicted octanol–water partition coefficient (Wildman–Crippen LogP) is 3.26. The van der Waals surface area contributed by atoms with Crippen molar-refractivity contribution >= 4 is 0 Å². The highest BCUT2D eigenvalue weighted by Gasteiger charge is 2.27.